The molecule has 0 bridgehead atoms. The van der Waals surface area contributed by atoms with E-state index in [1.54, 1.807) is 0 Å². The Morgan fingerprint density at radius 3 is 2.72 bits per heavy atom. The zero-order chi connectivity index (χ0) is 20.8. The molecule has 11 heteroatoms. The number of likely N-dealkylation sites (tertiary alicyclic amines) is 1. The number of pyridine rings is 1. The predicted octanol–water partition coefficient (Wildman–Crippen LogP) is 2.57. The van der Waals surface area contributed by atoms with Gasteiger partial charge in [0.15, 0.2) is 0 Å². The summed E-state index contributed by atoms with van der Waals surface area (Å²) in [6.45, 7) is 1.91. The Balaban J connectivity index is 1.67. The molecule has 2 aromatic heterocycles. The van der Waals surface area contributed by atoms with E-state index in [0.717, 1.165) is 25.9 Å². The smallest absolute Gasteiger partial charge is 0.304 e. The SMILES string of the molecule is CN1CCC(Nc2nccc(C(=O)Nc3cnccc3OC(F)C(F)F)n2)CC1. The fourth-order valence-corrected chi connectivity index (χ4v) is 2.83. The van der Waals surface area contributed by atoms with Gasteiger partial charge < -0.3 is 20.3 Å². The van der Waals surface area contributed by atoms with Gasteiger partial charge in [-0.15, -0.1) is 0 Å². The van der Waals surface area contributed by atoms with Crippen molar-refractivity contribution in [3.05, 3.63) is 36.4 Å². The first-order chi connectivity index (χ1) is 13.9. The van der Waals surface area contributed by atoms with E-state index in [0.29, 0.717) is 5.95 Å². The fraction of sp³-hybridized carbons (Fsp3) is 0.444. The van der Waals surface area contributed by atoms with E-state index in [9.17, 15) is 18.0 Å². The first-order valence-corrected chi connectivity index (χ1v) is 9.04. The number of carbonyl (C=O) groups is 1. The van der Waals surface area contributed by atoms with Crippen LogP contribution in [0, 0.1) is 0 Å². The predicted molar refractivity (Wildman–Crippen MR) is 99.9 cm³/mol. The third-order valence-corrected chi connectivity index (χ3v) is 4.41. The molecule has 0 aromatic carbocycles. The maximum atomic E-state index is 13.2. The van der Waals surface area contributed by atoms with Gasteiger partial charge in [-0.25, -0.2) is 18.7 Å². The van der Waals surface area contributed by atoms with Gasteiger partial charge in [0, 0.05) is 24.5 Å². The summed E-state index contributed by atoms with van der Waals surface area (Å²) in [4.78, 5) is 26.9. The highest BCUT2D eigenvalue weighted by Crippen LogP contribution is 2.26. The number of nitrogens with zero attached hydrogens (tertiary/aromatic N) is 4. The third-order valence-electron chi connectivity index (χ3n) is 4.41. The normalized spacial score (nSPS) is 16.4. The molecule has 1 saturated heterocycles. The van der Waals surface area contributed by atoms with Crippen molar-refractivity contribution < 1.29 is 22.7 Å². The minimum absolute atomic E-state index is 0.0516. The second kappa shape index (κ2) is 9.50. The Morgan fingerprint density at radius 1 is 1.24 bits per heavy atom. The van der Waals surface area contributed by atoms with E-state index in [1.165, 1.54) is 30.7 Å². The van der Waals surface area contributed by atoms with Crippen LogP contribution in [-0.2, 0) is 0 Å². The number of nitrogens with one attached hydrogen (secondary N) is 2. The van der Waals surface area contributed by atoms with Gasteiger partial charge in [-0.1, -0.05) is 0 Å². The van der Waals surface area contributed by atoms with E-state index in [-0.39, 0.29) is 23.2 Å². The number of piperidine rings is 1. The molecule has 0 saturated carbocycles. The molecular formula is C18H21F3N6O2. The summed E-state index contributed by atoms with van der Waals surface area (Å²) in [5.41, 5.74) is 0.000118. The number of amides is 1. The van der Waals surface area contributed by atoms with Crippen molar-refractivity contribution >= 4 is 17.5 Å². The summed E-state index contributed by atoms with van der Waals surface area (Å²) < 4.78 is 42.6. The van der Waals surface area contributed by atoms with Crippen molar-refractivity contribution in [1.82, 2.24) is 19.9 Å². The van der Waals surface area contributed by atoms with Crippen molar-refractivity contribution in [2.24, 2.45) is 0 Å². The van der Waals surface area contributed by atoms with Crippen LogP contribution < -0.4 is 15.4 Å². The van der Waals surface area contributed by atoms with Crippen LogP contribution >= 0.6 is 0 Å². The van der Waals surface area contributed by atoms with Gasteiger partial charge in [-0.3, -0.25) is 9.78 Å². The highest BCUT2D eigenvalue weighted by atomic mass is 19.3. The minimum atomic E-state index is -3.32. The van der Waals surface area contributed by atoms with Crippen molar-refractivity contribution in [2.45, 2.75) is 31.7 Å². The molecule has 1 amide bonds. The van der Waals surface area contributed by atoms with Crippen LogP contribution in [0.25, 0.3) is 0 Å². The molecule has 0 spiro atoms. The van der Waals surface area contributed by atoms with Gasteiger partial charge in [0.05, 0.1) is 6.20 Å². The highest BCUT2D eigenvalue weighted by molar-refractivity contribution is 6.03. The van der Waals surface area contributed by atoms with E-state index in [2.05, 4.69) is 42.3 Å². The van der Waals surface area contributed by atoms with Crippen LogP contribution in [0.5, 0.6) is 5.75 Å². The zero-order valence-electron chi connectivity index (χ0n) is 15.7. The van der Waals surface area contributed by atoms with E-state index in [4.69, 9.17) is 0 Å². The average Bonchev–Trinajstić information content (AvgIpc) is 2.71. The lowest BCUT2D eigenvalue weighted by molar-refractivity contribution is -0.0665. The van der Waals surface area contributed by atoms with Crippen molar-refractivity contribution in [3.8, 4) is 5.75 Å². The fourth-order valence-electron chi connectivity index (χ4n) is 2.83. The Bertz CT molecular complexity index is 833. The van der Waals surface area contributed by atoms with Gasteiger partial charge >= 0.3 is 6.43 Å². The van der Waals surface area contributed by atoms with Crippen LogP contribution in [-0.4, -0.2) is 64.7 Å². The lowest BCUT2D eigenvalue weighted by Gasteiger charge is -2.29. The molecule has 1 aliphatic heterocycles. The number of hydrogen-bond acceptors (Lipinski definition) is 7. The molecular weight excluding hydrogens is 389 g/mol. The maximum Gasteiger partial charge on any atom is 0.304 e. The van der Waals surface area contributed by atoms with Crippen LogP contribution in [0.4, 0.5) is 24.8 Å². The second-order valence-corrected chi connectivity index (χ2v) is 6.62. The lowest BCUT2D eigenvalue weighted by atomic mass is 10.1. The summed E-state index contributed by atoms with van der Waals surface area (Å²) in [5, 5.41) is 5.66. The molecule has 1 unspecified atom stereocenters. The molecule has 0 aliphatic carbocycles. The van der Waals surface area contributed by atoms with Gasteiger partial charge in [0.1, 0.15) is 17.1 Å². The van der Waals surface area contributed by atoms with Gasteiger partial charge in [-0.2, -0.15) is 4.39 Å². The molecule has 3 rings (SSSR count). The number of carbonyl (C=O) groups excluding carboxylic acids is 1. The van der Waals surface area contributed by atoms with Crippen LogP contribution in [0.3, 0.4) is 0 Å². The molecule has 8 nitrogen and oxygen atoms in total. The first kappa shape index (κ1) is 20.8. The third kappa shape index (κ3) is 5.76. The highest BCUT2D eigenvalue weighted by Gasteiger charge is 2.23. The molecule has 29 heavy (non-hydrogen) atoms. The van der Waals surface area contributed by atoms with Crippen LogP contribution in [0.1, 0.15) is 23.3 Å². The molecule has 2 N–H and O–H groups in total. The summed E-state index contributed by atoms with van der Waals surface area (Å²) in [6.07, 6.45) is -0.433. The van der Waals surface area contributed by atoms with Gasteiger partial charge in [0.25, 0.3) is 12.3 Å². The average molecular weight is 410 g/mol. The topological polar surface area (TPSA) is 92.3 Å². The molecule has 1 aliphatic rings. The number of hydrogen-bond donors (Lipinski definition) is 2. The van der Waals surface area contributed by atoms with Gasteiger partial charge in [0.2, 0.25) is 5.95 Å². The largest absolute Gasteiger partial charge is 0.452 e. The van der Waals surface area contributed by atoms with Crippen LogP contribution in [0.15, 0.2) is 30.7 Å². The number of halogens is 3. The van der Waals surface area contributed by atoms with E-state index in [1.807, 2.05) is 0 Å². The first-order valence-electron chi connectivity index (χ1n) is 9.04. The van der Waals surface area contributed by atoms with Crippen LogP contribution in [0.2, 0.25) is 0 Å². The maximum absolute atomic E-state index is 13.2. The number of rotatable bonds is 7. The lowest BCUT2D eigenvalue weighted by Crippen LogP contribution is -2.37. The van der Waals surface area contributed by atoms with E-state index >= 15 is 0 Å². The molecule has 1 fully saturated rings. The Morgan fingerprint density at radius 2 is 2.00 bits per heavy atom. The quantitative estimate of drug-likeness (QED) is 0.725. The Kier molecular flexibility index (Phi) is 6.81. The number of ether oxygens (including phenoxy) is 1. The summed E-state index contributed by atoms with van der Waals surface area (Å²) in [7, 11) is 2.06. The monoisotopic (exact) mass is 410 g/mol. The summed E-state index contributed by atoms with van der Waals surface area (Å²) >= 11 is 0. The molecule has 3 heterocycles. The number of anilines is 2. The van der Waals surface area contributed by atoms with Crippen molar-refractivity contribution in [3.63, 3.8) is 0 Å². The molecule has 156 valence electrons. The number of alkyl halides is 3. The molecule has 1 atom stereocenters. The summed E-state index contributed by atoms with van der Waals surface area (Å²) in [5.74, 6) is -0.583. The summed E-state index contributed by atoms with van der Waals surface area (Å²) in [6, 6.07) is 2.79. The molecule has 2 aromatic rings. The Labute approximate surface area is 165 Å². The Hall–Kier alpha value is -2.95. The second-order valence-electron chi connectivity index (χ2n) is 6.62. The van der Waals surface area contributed by atoms with Crippen molar-refractivity contribution in [1.29, 1.82) is 0 Å². The van der Waals surface area contributed by atoms with Gasteiger partial charge in [-0.05, 0) is 39.0 Å². The minimum Gasteiger partial charge on any atom is -0.452 e. The van der Waals surface area contributed by atoms with Crippen molar-refractivity contribution in [2.75, 3.05) is 30.8 Å². The molecule has 0 radical (unpaired) electrons. The number of aromatic nitrogens is 3. The van der Waals surface area contributed by atoms with E-state index < -0.39 is 18.7 Å². The zero-order valence-corrected chi connectivity index (χ0v) is 15.7. The standard InChI is InChI=1S/C18H21F3N6O2/c1-27-8-4-11(5-9-27)24-18-23-7-2-12(26-18)17(28)25-13-10-22-6-3-14(13)29-16(21)15(19)20/h2-3,6-7,10-11,15-16H,4-5,8-9H2,1H3,(H,25,28)(H,23,24,26).